The lowest BCUT2D eigenvalue weighted by Gasteiger charge is -2.08. The molecule has 0 fully saturated rings. The van der Waals surface area contributed by atoms with Crippen molar-refractivity contribution in [2.24, 2.45) is 0 Å². The third-order valence-corrected chi connectivity index (χ3v) is 5.55. The molecule has 4 nitrogen and oxygen atoms in total. The summed E-state index contributed by atoms with van der Waals surface area (Å²) < 4.78 is 5.39. The largest absolute Gasteiger partial charge is 0.496 e. The van der Waals surface area contributed by atoms with Crippen molar-refractivity contribution in [2.45, 2.75) is 33.4 Å². The first kappa shape index (κ1) is 21.2. The predicted octanol–water partition coefficient (Wildman–Crippen LogP) is 4.69. The van der Waals surface area contributed by atoms with E-state index in [1.54, 1.807) is 18.4 Å². The number of H-pyrrole nitrogens is 1. The summed E-state index contributed by atoms with van der Waals surface area (Å²) in [5.41, 5.74) is 4.03. The zero-order valence-electron chi connectivity index (χ0n) is 15.8. The van der Waals surface area contributed by atoms with Crippen LogP contribution in [0.5, 0.6) is 5.75 Å². The van der Waals surface area contributed by atoms with Gasteiger partial charge in [-0.25, -0.2) is 0 Å². The maximum absolute atomic E-state index is 11.9. The van der Waals surface area contributed by atoms with Crippen molar-refractivity contribution in [3.05, 3.63) is 74.5 Å². The molecular formula is C21H25ClN2O2S. The lowest BCUT2D eigenvalue weighted by molar-refractivity contribution is 0.407. The third-order valence-electron chi connectivity index (χ3n) is 4.43. The predicted molar refractivity (Wildman–Crippen MR) is 115 cm³/mol. The summed E-state index contributed by atoms with van der Waals surface area (Å²) in [6.45, 7) is 5.52. The Morgan fingerprint density at radius 1 is 1.11 bits per heavy atom. The molecule has 0 radical (unpaired) electrons. The Balaban J connectivity index is 0.00000261. The topological polar surface area (TPSA) is 54.1 Å². The minimum absolute atomic E-state index is 0. The number of hydrogen-bond donors (Lipinski definition) is 2. The lowest BCUT2D eigenvalue weighted by Crippen LogP contribution is -2.13. The first-order chi connectivity index (χ1) is 12.6. The van der Waals surface area contributed by atoms with Crippen LogP contribution in [-0.2, 0) is 19.5 Å². The summed E-state index contributed by atoms with van der Waals surface area (Å²) in [7, 11) is 1.70. The van der Waals surface area contributed by atoms with Gasteiger partial charge in [0.2, 0.25) is 0 Å². The maximum atomic E-state index is 11.9. The van der Waals surface area contributed by atoms with Crippen molar-refractivity contribution in [3.8, 4) is 16.2 Å². The number of para-hydroxylation sites is 1. The number of rotatable bonds is 7. The van der Waals surface area contributed by atoms with Gasteiger partial charge in [0.1, 0.15) is 5.75 Å². The second-order valence-electron chi connectivity index (χ2n) is 6.20. The van der Waals surface area contributed by atoms with Gasteiger partial charge in [-0.3, -0.25) is 4.79 Å². The number of methoxy groups -OCH3 is 1. The Bertz CT molecular complexity index is 949. The van der Waals surface area contributed by atoms with Crippen LogP contribution in [0.4, 0.5) is 0 Å². The molecule has 0 aliphatic heterocycles. The molecule has 0 amide bonds. The van der Waals surface area contributed by atoms with E-state index in [9.17, 15) is 4.79 Å². The molecule has 3 aromatic rings. The summed E-state index contributed by atoms with van der Waals surface area (Å²) in [4.78, 5) is 17.3. The van der Waals surface area contributed by atoms with Crippen LogP contribution in [0, 0.1) is 6.92 Å². The van der Waals surface area contributed by atoms with Gasteiger partial charge >= 0.3 is 0 Å². The summed E-state index contributed by atoms with van der Waals surface area (Å²) in [6.07, 6.45) is 0.737. The number of aryl methyl sites for hydroxylation is 2. The highest BCUT2D eigenvalue weighted by Crippen LogP contribution is 2.30. The lowest BCUT2D eigenvalue weighted by atomic mass is 10.1. The van der Waals surface area contributed by atoms with E-state index in [1.165, 1.54) is 9.75 Å². The van der Waals surface area contributed by atoms with Crippen LogP contribution in [-0.4, -0.2) is 12.1 Å². The molecule has 1 aromatic carbocycles. The van der Waals surface area contributed by atoms with Crippen molar-refractivity contribution in [1.82, 2.24) is 10.3 Å². The average Bonchev–Trinajstić information content (AvgIpc) is 3.11. The number of nitrogens with one attached hydrogen (secondary N) is 2. The smallest absolute Gasteiger partial charge is 0.251 e. The molecule has 6 heteroatoms. The number of halogens is 1. The molecule has 0 aliphatic carbocycles. The number of benzene rings is 1. The van der Waals surface area contributed by atoms with Crippen molar-refractivity contribution in [1.29, 1.82) is 0 Å². The maximum Gasteiger partial charge on any atom is 0.251 e. The number of aromatic nitrogens is 1. The highest BCUT2D eigenvalue weighted by Gasteiger charge is 2.10. The van der Waals surface area contributed by atoms with Crippen LogP contribution in [0.15, 0.2) is 47.3 Å². The van der Waals surface area contributed by atoms with Crippen molar-refractivity contribution < 1.29 is 4.74 Å². The van der Waals surface area contributed by atoms with Crippen molar-refractivity contribution >= 4 is 23.7 Å². The molecule has 144 valence electrons. The third kappa shape index (κ3) is 5.01. The highest BCUT2D eigenvalue weighted by atomic mass is 35.5. The molecule has 2 N–H and O–H groups in total. The molecule has 2 aromatic heterocycles. The number of hydrogen-bond acceptors (Lipinski definition) is 4. The molecule has 0 bridgehead atoms. The fraction of sp³-hybridized carbons (Fsp3) is 0.286. The first-order valence-electron chi connectivity index (χ1n) is 8.77. The van der Waals surface area contributed by atoms with Gasteiger partial charge < -0.3 is 15.0 Å². The van der Waals surface area contributed by atoms with Crippen LogP contribution in [0.1, 0.15) is 28.6 Å². The number of pyridine rings is 1. The molecule has 0 spiro atoms. The van der Waals surface area contributed by atoms with Crippen LogP contribution in [0.2, 0.25) is 0 Å². The molecule has 2 heterocycles. The molecule has 27 heavy (non-hydrogen) atoms. The van der Waals surface area contributed by atoms with E-state index in [0.29, 0.717) is 0 Å². The first-order valence-corrected chi connectivity index (χ1v) is 9.58. The van der Waals surface area contributed by atoms with E-state index in [4.69, 9.17) is 4.74 Å². The molecule has 0 unspecified atom stereocenters. The zero-order valence-corrected chi connectivity index (χ0v) is 17.4. The Morgan fingerprint density at radius 2 is 1.89 bits per heavy atom. The van der Waals surface area contributed by atoms with Crippen molar-refractivity contribution in [2.75, 3.05) is 7.11 Å². The Morgan fingerprint density at radius 3 is 2.63 bits per heavy atom. The Kier molecular flexibility index (Phi) is 7.66. The number of aromatic amines is 1. The van der Waals surface area contributed by atoms with Gasteiger partial charge in [-0.2, -0.15) is 0 Å². The van der Waals surface area contributed by atoms with Crippen LogP contribution >= 0.6 is 23.7 Å². The highest BCUT2D eigenvalue weighted by molar-refractivity contribution is 7.15. The van der Waals surface area contributed by atoms with Gasteiger partial charge in [0.15, 0.2) is 0 Å². The molecule has 0 saturated carbocycles. The molecule has 3 rings (SSSR count). The van der Waals surface area contributed by atoms with E-state index in [2.05, 4.69) is 28.5 Å². The van der Waals surface area contributed by atoms with Gasteiger partial charge in [-0.15, -0.1) is 23.7 Å². The van der Waals surface area contributed by atoms with Gasteiger partial charge in [0, 0.05) is 45.2 Å². The quantitative estimate of drug-likeness (QED) is 0.600. The molecule has 0 aliphatic rings. The van der Waals surface area contributed by atoms with E-state index >= 15 is 0 Å². The number of ether oxygens (including phenoxy) is 1. The van der Waals surface area contributed by atoms with Gasteiger partial charge in [0.05, 0.1) is 7.11 Å². The fourth-order valence-electron chi connectivity index (χ4n) is 2.97. The van der Waals surface area contributed by atoms with E-state index in [1.807, 2.05) is 38.1 Å². The van der Waals surface area contributed by atoms with E-state index in [0.717, 1.165) is 47.6 Å². The monoisotopic (exact) mass is 404 g/mol. The normalized spacial score (nSPS) is 10.5. The van der Waals surface area contributed by atoms with Gasteiger partial charge in [-0.1, -0.05) is 25.1 Å². The molecule has 0 saturated heterocycles. The summed E-state index contributed by atoms with van der Waals surface area (Å²) >= 11 is 1.75. The zero-order chi connectivity index (χ0) is 18.5. The van der Waals surface area contributed by atoms with Crippen LogP contribution in [0.25, 0.3) is 10.4 Å². The second-order valence-corrected chi connectivity index (χ2v) is 7.37. The number of thiophene rings is 1. The minimum atomic E-state index is 0. The van der Waals surface area contributed by atoms with Crippen LogP contribution in [0.3, 0.4) is 0 Å². The van der Waals surface area contributed by atoms with Crippen molar-refractivity contribution in [3.63, 3.8) is 0 Å². The summed E-state index contributed by atoms with van der Waals surface area (Å²) in [5, 5.41) is 3.48. The summed E-state index contributed by atoms with van der Waals surface area (Å²) in [6, 6.07) is 14.3. The van der Waals surface area contributed by atoms with Gasteiger partial charge in [-0.05, 0) is 37.6 Å². The SMILES string of the molecule is CCc1cc(-c2ccc(CNCc3ccccc3OC)s2)c(C)[nH]c1=O.Cl. The minimum Gasteiger partial charge on any atom is -0.496 e. The Labute approximate surface area is 170 Å². The van der Waals surface area contributed by atoms with Gasteiger partial charge in [0.25, 0.3) is 5.56 Å². The van der Waals surface area contributed by atoms with Crippen LogP contribution < -0.4 is 15.6 Å². The standard InChI is InChI=1S/C21H24N2O2S.ClH/c1-4-15-11-18(14(2)23-21(15)24)20-10-9-17(26-20)13-22-12-16-7-5-6-8-19(16)25-3;/h5-11,22H,4,12-13H2,1-3H3,(H,23,24);1H. The molecule has 0 atom stereocenters. The van der Waals surface area contributed by atoms with E-state index < -0.39 is 0 Å². The molecular weight excluding hydrogens is 380 g/mol. The second kappa shape index (κ2) is 9.74. The van der Waals surface area contributed by atoms with E-state index in [-0.39, 0.29) is 18.0 Å². The fourth-order valence-corrected chi connectivity index (χ4v) is 4.02. The average molecular weight is 405 g/mol. The summed E-state index contributed by atoms with van der Waals surface area (Å²) in [5.74, 6) is 0.905. The Hall–Kier alpha value is -2.08.